The maximum absolute atomic E-state index is 13.1. The molecule has 5 nitrogen and oxygen atoms in total. The van der Waals surface area contributed by atoms with Crippen LogP contribution in [0.4, 0.5) is 13.2 Å². The molecule has 3 rings (SSSR count). The molecule has 0 fully saturated rings. The summed E-state index contributed by atoms with van der Waals surface area (Å²) in [4.78, 5) is 18.1. The highest BCUT2D eigenvalue weighted by Crippen LogP contribution is 2.25. The molecule has 0 radical (unpaired) electrons. The van der Waals surface area contributed by atoms with Crippen molar-refractivity contribution in [3.63, 3.8) is 0 Å². The van der Waals surface area contributed by atoms with Crippen LogP contribution in [0.3, 0.4) is 0 Å². The molecule has 8 heteroatoms. The first-order chi connectivity index (χ1) is 14.0. The smallest absolute Gasteiger partial charge is 0.326 e. The Morgan fingerprint density at radius 2 is 1.50 bits per heavy atom. The van der Waals surface area contributed by atoms with Crippen LogP contribution < -0.4 is 0 Å². The van der Waals surface area contributed by atoms with Crippen LogP contribution in [0, 0.1) is 5.41 Å². The van der Waals surface area contributed by atoms with Crippen LogP contribution in [-0.2, 0) is 0 Å². The standard InChI is InChI=1S/C22H23F3N4O/c1-21(2,3)14-28(15-22(23,24)25)20(30)18-26-19(16-10-6-4-7-11-16)29(27-18)17-12-8-5-9-13-17/h4-13H,14-15H2,1-3H3. The molecule has 0 aliphatic heterocycles. The number of benzene rings is 2. The average Bonchev–Trinajstić information content (AvgIpc) is 3.11. The van der Waals surface area contributed by atoms with Crippen LogP contribution in [0.25, 0.3) is 17.1 Å². The van der Waals surface area contributed by atoms with E-state index in [1.54, 1.807) is 45.0 Å². The summed E-state index contributed by atoms with van der Waals surface area (Å²) in [5, 5.41) is 4.28. The number of aromatic nitrogens is 3. The second-order valence-corrected chi connectivity index (χ2v) is 8.21. The summed E-state index contributed by atoms with van der Waals surface area (Å²) in [6.45, 7) is 3.88. The lowest BCUT2D eigenvalue weighted by Gasteiger charge is -2.29. The number of halogens is 3. The summed E-state index contributed by atoms with van der Waals surface area (Å²) in [5.41, 5.74) is 0.831. The van der Waals surface area contributed by atoms with E-state index in [-0.39, 0.29) is 12.4 Å². The van der Waals surface area contributed by atoms with Gasteiger partial charge in [-0.15, -0.1) is 5.10 Å². The molecule has 0 spiro atoms. The van der Waals surface area contributed by atoms with E-state index in [9.17, 15) is 18.0 Å². The van der Waals surface area contributed by atoms with Crippen molar-refractivity contribution in [2.45, 2.75) is 26.9 Å². The molecule has 0 N–H and O–H groups in total. The number of nitrogens with zero attached hydrogens (tertiary/aromatic N) is 4. The lowest BCUT2D eigenvalue weighted by atomic mass is 9.96. The lowest BCUT2D eigenvalue weighted by molar-refractivity contribution is -0.142. The van der Waals surface area contributed by atoms with Crippen molar-refractivity contribution in [3.8, 4) is 17.1 Å². The quantitative estimate of drug-likeness (QED) is 0.589. The van der Waals surface area contributed by atoms with E-state index in [0.29, 0.717) is 17.1 Å². The van der Waals surface area contributed by atoms with E-state index in [2.05, 4.69) is 10.1 Å². The third-order valence-corrected chi connectivity index (χ3v) is 4.15. The first kappa shape index (κ1) is 21.5. The molecule has 2 aromatic carbocycles. The van der Waals surface area contributed by atoms with E-state index >= 15 is 0 Å². The Balaban J connectivity index is 2.06. The number of carbonyl (C=O) groups is 1. The van der Waals surface area contributed by atoms with Gasteiger partial charge in [-0.2, -0.15) is 13.2 Å². The number of para-hydroxylation sites is 1. The average molecular weight is 416 g/mol. The minimum Gasteiger partial charge on any atom is -0.326 e. The van der Waals surface area contributed by atoms with Crippen LogP contribution in [0.2, 0.25) is 0 Å². The summed E-state index contributed by atoms with van der Waals surface area (Å²) >= 11 is 0. The fraction of sp³-hybridized carbons (Fsp3) is 0.318. The van der Waals surface area contributed by atoms with Gasteiger partial charge in [0, 0.05) is 12.1 Å². The Kier molecular flexibility index (Phi) is 5.96. The number of amides is 1. The third kappa shape index (κ3) is 5.46. The normalized spacial score (nSPS) is 12.1. The molecule has 0 bridgehead atoms. The van der Waals surface area contributed by atoms with Crippen molar-refractivity contribution >= 4 is 5.91 Å². The van der Waals surface area contributed by atoms with E-state index in [0.717, 1.165) is 4.90 Å². The van der Waals surface area contributed by atoms with E-state index < -0.39 is 24.0 Å². The van der Waals surface area contributed by atoms with Gasteiger partial charge < -0.3 is 4.90 Å². The molecule has 0 unspecified atom stereocenters. The van der Waals surface area contributed by atoms with Gasteiger partial charge >= 0.3 is 6.18 Å². The molecule has 0 saturated heterocycles. The molecular weight excluding hydrogens is 393 g/mol. The Morgan fingerprint density at radius 1 is 0.933 bits per heavy atom. The Labute approximate surface area is 173 Å². The van der Waals surface area contributed by atoms with Crippen LogP contribution in [-0.4, -0.2) is 44.8 Å². The first-order valence-electron chi connectivity index (χ1n) is 9.47. The van der Waals surface area contributed by atoms with Gasteiger partial charge in [0.2, 0.25) is 5.82 Å². The highest BCUT2D eigenvalue weighted by atomic mass is 19.4. The van der Waals surface area contributed by atoms with Crippen molar-refractivity contribution in [3.05, 3.63) is 66.5 Å². The molecule has 0 aliphatic carbocycles. The molecule has 158 valence electrons. The maximum atomic E-state index is 13.1. The van der Waals surface area contributed by atoms with Gasteiger partial charge in [-0.1, -0.05) is 69.3 Å². The van der Waals surface area contributed by atoms with Gasteiger partial charge in [0.25, 0.3) is 5.91 Å². The molecule has 30 heavy (non-hydrogen) atoms. The van der Waals surface area contributed by atoms with Crippen LogP contribution in [0.5, 0.6) is 0 Å². The Hall–Kier alpha value is -3.16. The van der Waals surface area contributed by atoms with Gasteiger partial charge in [-0.25, -0.2) is 9.67 Å². The van der Waals surface area contributed by atoms with Crippen LogP contribution >= 0.6 is 0 Å². The third-order valence-electron chi connectivity index (χ3n) is 4.15. The monoisotopic (exact) mass is 416 g/mol. The van der Waals surface area contributed by atoms with Crippen molar-refractivity contribution in [1.29, 1.82) is 0 Å². The largest absolute Gasteiger partial charge is 0.406 e. The molecule has 0 saturated carbocycles. The minimum atomic E-state index is -4.52. The minimum absolute atomic E-state index is 0.0775. The summed E-state index contributed by atoms with van der Waals surface area (Å²) in [6.07, 6.45) is -4.52. The zero-order valence-electron chi connectivity index (χ0n) is 17.0. The second kappa shape index (κ2) is 8.30. The topological polar surface area (TPSA) is 51.0 Å². The fourth-order valence-electron chi connectivity index (χ4n) is 3.06. The Morgan fingerprint density at radius 3 is 2.03 bits per heavy atom. The highest BCUT2D eigenvalue weighted by molar-refractivity contribution is 5.91. The van der Waals surface area contributed by atoms with Crippen molar-refractivity contribution in [2.75, 3.05) is 13.1 Å². The molecule has 0 atom stereocenters. The zero-order valence-corrected chi connectivity index (χ0v) is 17.0. The summed E-state index contributed by atoms with van der Waals surface area (Å²) < 4.78 is 40.9. The number of carbonyl (C=O) groups excluding carboxylic acids is 1. The molecule has 1 aromatic heterocycles. The van der Waals surface area contributed by atoms with Crippen LogP contribution in [0.15, 0.2) is 60.7 Å². The van der Waals surface area contributed by atoms with Crippen molar-refractivity contribution < 1.29 is 18.0 Å². The van der Waals surface area contributed by atoms with E-state index in [1.165, 1.54) is 4.68 Å². The zero-order chi connectivity index (χ0) is 21.9. The van der Waals surface area contributed by atoms with E-state index in [4.69, 9.17) is 0 Å². The summed E-state index contributed by atoms with van der Waals surface area (Å²) in [5.74, 6) is -0.742. The summed E-state index contributed by atoms with van der Waals surface area (Å²) in [6, 6.07) is 18.1. The van der Waals surface area contributed by atoms with Gasteiger partial charge in [0.1, 0.15) is 6.54 Å². The van der Waals surface area contributed by atoms with Crippen molar-refractivity contribution in [2.24, 2.45) is 5.41 Å². The second-order valence-electron chi connectivity index (χ2n) is 8.21. The maximum Gasteiger partial charge on any atom is 0.406 e. The molecule has 0 aliphatic rings. The van der Waals surface area contributed by atoms with Crippen molar-refractivity contribution in [1.82, 2.24) is 19.7 Å². The predicted molar refractivity (Wildman–Crippen MR) is 108 cm³/mol. The SMILES string of the molecule is CC(C)(C)CN(CC(F)(F)F)C(=O)c1nc(-c2ccccc2)n(-c2ccccc2)n1. The number of hydrogen-bond acceptors (Lipinski definition) is 3. The lowest BCUT2D eigenvalue weighted by Crippen LogP contribution is -2.43. The predicted octanol–water partition coefficient (Wildman–Crippen LogP) is 4.98. The number of alkyl halides is 3. The van der Waals surface area contributed by atoms with E-state index in [1.807, 2.05) is 36.4 Å². The highest BCUT2D eigenvalue weighted by Gasteiger charge is 2.36. The molecular formula is C22H23F3N4O. The molecule has 3 aromatic rings. The Bertz CT molecular complexity index is 920. The van der Waals surface area contributed by atoms with Gasteiger partial charge in [-0.3, -0.25) is 4.79 Å². The molecule has 1 amide bonds. The van der Waals surface area contributed by atoms with Crippen LogP contribution in [0.1, 0.15) is 31.4 Å². The number of rotatable bonds is 5. The summed E-state index contributed by atoms with van der Waals surface area (Å²) in [7, 11) is 0. The van der Waals surface area contributed by atoms with Gasteiger partial charge in [0.05, 0.1) is 5.69 Å². The van der Waals surface area contributed by atoms with Gasteiger partial charge in [0.15, 0.2) is 5.82 Å². The fourth-order valence-corrected chi connectivity index (χ4v) is 3.06. The number of hydrogen-bond donors (Lipinski definition) is 0. The van der Waals surface area contributed by atoms with Gasteiger partial charge in [-0.05, 0) is 17.5 Å². The molecule has 1 heterocycles. The first-order valence-corrected chi connectivity index (χ1v) is 9.47.